The Bertz CT molecular complexity index is 1010. The number of rotatable bonds is 8. The van der Waals surface area contributed by atoms with Crippen molar-refractivity contribution in [2.75, 3.05) is 5.75 Å². The van der Waals surface area contributed by atoms with Gasteiger partial charge in [-0.2, -0.15) is 11.8 Å². The van der Waals surface area contributed by atoms with Gasteiger partial charge >= 0.3 is 12.1 Å². The number of carbonyl (C=O) groups excluding carboxylic acids is 1. The Balaban J connectivity index is 1.51. The van der Waals surface area contributed by atoms with Crippen LogP contribution in [0.3, 0.4) is 0 Å². The number of fused-ring (bicyclic) bond motifs is 1. The molecule has 2 aromatic heterocycles. The molecule has 1 atom stereocenters. The van der Waals surface area contributed by atoms with Crippen LogP contribution >= 0.6 is 11.8 Å². The maximum Gasteiger partial charge on any atom is 0.408 e. The molecule has 9 heteroatoms. The molecular formula is C20H22N4O4S. The minimum absolute atomic E-state index is 0.0825. The van der Waals surface area contributed by atoms with E-state index in [9.17, 15) is 14.7 Å². The monoisotopic (exact) mass is 414 g/mol. The van der Waals surface area contributed by atoms with Gasteiger partial charge in [0, 0.05) is 29.1 Å². The summed E-state index contributed by atoms with van der Waals surface area (Å²) in [5.41, 5.74) is 3.55. The van der Waals surface area contributed by atoms with Crippen LogP contribution in [-0.4, -0.2) is 43.3 Å². The van der Waals surface area contributed by atoms with Gasteiger partial charge in [-0.1, -0.05) is 30.3 Å². The molecule has 29 heavy (non-hydrogen) atoms. The molecule has 0 aliphatic rings. The summed E-state index contributed by atoms with van der Waals surface area (Å²) in [6.07, 6.45) is 1.13. The average Bonchev–Trinajstić information content (AvgIpc) is 3.09. The summed E-state index contributed by atoms with van der Waals surface area (Å²) in [6.45, 7) is 3.97. The zero-order chi connectivity index (χ0) is 20.8. The first kappa shape index (κ1) is 20.7. The second kappa shape index (κ2) is 9.42. The number of carboxylic acids is 1. The summed E-state index contributed by atoms with van der Waals surface area (Å²) >= 11 is 1.37. The van der Waals surface area contributed by atoms with Crippen molar-refractivity contribution < 1.29 is 19.4 Å². The Hall–Kier alpha value is -3.07. The van der Waals surface area contributed by atoms with Gasteiger partial charge < -0.3 is 15.2 Å². The third kappa shape index (κ3) is 5.71. The van der Waals surface area contributed by atoms with E-state index in [0.29, 0.717) is 11.5 Å². The molecule has 0 radical (unpaired) electrons. The first-order chi connectivity index (χ1) is 13.9. The van der Waals surface area contributed by atoms with Gasteiger partial charge in [0.25, 0.3) is 0 Å². The number of hydrogen-bond donors (Lipinski definition) is 2. The molecule has 3 rings (SSSR count). The molecule has 1 amide bonds. The molecule has 1 unspecified atom stereocenters. The second-order valence-electron chi connectivity index (χ2n) is 6.55. The lowest BCUT2D eigenvalue weighted by molar-refractivity contribution is -0.138. The molecule has 0 aliphatic heterocycles. The maximum absolute atomic E-state index is 11.9. The van der Waals surface area contributed by atoms with E-state index in [4.69, 9.17) is 4.74 Å². The van der Waals surface area contributed by atoms with E-state index in [2.05, 4.69) is 15.3 Å². The lowest BCUT2D eigenvalue weighted by Gasteiger charge is -2.14. The van der Waals surface area contributed by atoms with Gasteiger partial charge in [-0.15, -0.1) is 0 Å². The fourth-order valence-electron chi connectivity index (χ4n) is 2.75. The molecule has 3 aromatic rings. The van der Waals surface area contributed by atoms with Crippen LogP contribution in [0.15, 0.2) is 42.6 Å². The largest absolute Gasteiger partial charge is 0.480 e. The molecule has 1 aromatic carbocycles. The number of benzene rings is 1. The summed E-state index contributed by atoms with van der Waals surface area (Å²) in [5.74, 6) is 0.203. The highest BCUT2D eigenvalue weighted by Crippen LogP contribution is 2.15. The molecule has 0 spiro atoms. The van der Waals surface area contributed by atoms with Gasteiger partial charge in [-0.05, 0) is 25.5 Å². The summed E-state index contributed by atoms with van der Waals surface area (Å²) < 4.78 is 6.99. The quantitative estimate of drug-likeness (QED) is 0.584. The molecule has 0 saturated heterocycles. The SMILES string of the molecule is Cc1cc(C)n2cc(CSCC(NC(=O)OCc3ccccc3)C(=O)O)nc2n1. The highest BCUT2D eigenvalue weighted by Gasteiger charge is 2.21. The number of imidazole rings is 1. The van der Waals surface area contributed by atoms with Gasteiger partial charge in [0.05, 0.1) is 5.69 Å². The van der Waals surface area contributed by atoms with Gasteiger partial charge in [-0.3, -0.25) is 4.40 Å². The van der Waals surface area contributed by atoms with Gasteiger partial charge in [0.1, 0.15) is 12.6 Å². The van der Waals surface area contributed by atoms with Crippen LogP contribution < -0.4 is 5.32 Å². The molecule has 8 nitrogen and oxygen atoms in total. The molecule has 2 N–H and O–H groups in total. The smallest absolute Gasteiger partial charge is 0.408 e. The molecule has 0 saturated carbocycles. The number of carboxylic acid groups (broad SMARTS) is 1. The lowest BCUT2D eigenvalue weighted by Crippen LogP contribution is -2.42. The van der Waals surface area contributed by atoms with Crippen LogP contribution in [-0.2, 0) is 21.9 Å². The van der Waals surface area contributed by atoms with Crippen molar-refractivity contribution in [2.45, 2.75) is 32.2 Å². The predicted octanol–water partition coefficient (Wildman–Crippen LogP) is 2.96. The molecule has 152 valence electrons. The second-order valence-corrected chi connectivity index (χ2v) is 7.58. The van der Waals surface area contributed by atoms with Crippen molar-refractivity contribution in [3.05, 3.63) is 65.2 Å². The molecule has 0 fully saturated rings. The van der Waals surface area contributed by atoms with Crippen molar-refractivity contribution in [1.82, 2.24) is 19.7 Å². The van der Waals surface area contributed by atoms with Crippen molar-refractivity contribution in [3.8, 4) is 0 Å². The highest BCUT2D eigenvalue weighted by atomic mass is 32.2. The number of nitrogens with zero attached hydrogens (tertiary/aromatic N) is 3. The van der Waals surface area contributed by atoms with Gasteiger partial charge in [0.15, 0.2) is 0 Å². The fraction of sp³-hybridized carbons (Fsp3) is 0.300. The van der Waals surface area contributed by atoms with Crippen molar-refractivity contribution in [3.63, 3.8) is 0 Å². The summed E-state index contributed by atoms with van der Waals surface area (Å²) in [7, 11) is 0. The fourth-order valence-corrected chi connectivity index (χ4v) is 3.68. The number of alkyl carbamates (subject to hydrolysis) is 1. The zero-order valence-corrected chi connectivity index (χ0v) is 17.0. The number of aliphatic carboxylic acids is 1. The van der Waals surface area contributed by atoms with E-state index in [0.717, 1.165) is 22.6 Å². The van der Waals surface area contributed by atoms with Crippen molar-refractivity contribution >= 4 is 29.6 Å². The Labute approximate surface area is 172 Å². The molecule has 0 aliphatic carbocycles. The number of thioether (sulfide) groups is 1. The summed E-state index contributed by atoms with van der Waals surface area (Å²) in [6, 6.07) is 10.1. The lowest BCUT2D eigenvalue weighted by atomic mass is 10.2. The number of carbonyl (C=O) groups is 2. The van der Waals surface area contributed by atoms with Crippen molar-refractivity contribution in [1.29, 1.82) is 0 Å². The number of amides is 1. The van der Waals surface area contributed by atoms with Crippen LogP contribution in [0.2, 0.25) is 0 Å². The topological polar surface area (TPSA) is 106 Å². The Morgan fingerprint density at radius 1 is 1.24 bits per heavy atom. The van der Waals surface area contributed by atoms with Crippen molar-refractivity contribution in [2.24, 2.45) is 0 Å². The van der Waals surface area contributed by atoms with Gasteiger partial charge in [0.2, 0.25) is 5.78 Å². The van der Waals surface area contributed by atoms with Crippen LogP contribution in [0.4, 0.5) is 4.79 Å². The average molecular weight is 414 g/mol. The van der Waals surface area contributed by atoms with Gasteiger partial charge in [-0.25, -0.2) is 19.6 Å². The number of ether oxygens (including phenoxy) is 1. The minimum atomic E-state index is -1.11. The van der Waals surface area contributed by atoms with E-state index in [1.807, 2.05) is 60.8 Å². The first-order valence-electron chi connectivity index (χ1n) is 9.02. The third-order valence-electron chi connectivity index (χ3n) is 4.15. The van der Waals surface area contributed by atoms with E-state index in [-0.39, 0.29) is 12.4 Å². The third-order valence-corrected chi connectivity index (χ3v) is 5.22. The van der Waals surface area contributed by atoms with E-state index in [1.54, 1.807) is 0 Å². The maximum atomic E-state index is 11.9. The Morgan fingerprint density at radius 3 is 2.72 bits per heavy atom. The number of aryl methyl sites for hydroxylation is 2. The normalized spacial score (nSPS) is 11.9. The highest BCUT2D eigenvalue weighted by molar-refractivity contribution is 7.98. The van der Waals surface area contributed by atoms with Crippen LogP contribution in [0.1, 0.15) is 22.6 Å². The number of hydrogen-bond acceptors (Lipinski definition) is 6. The standard InChI is InChI=1S/C20H22N4O4S/c1-13-8-14(2)24-9-16(22-19(24)21-13)11-29-12-17(18(25)26)23-20(27)28-10-15-6-4-3-5-7-15/h3-9,17H,10-12H2,1-2H3,(H,23,27)(H,25,26). The molecule has 0 bridgehead atoms. The first-order valence-corrected chi connectivity index (χ1v) is 10.2. The Morgan fingerprint density at radius 2 is 2.00 bits per heavy atom. The number of nitrogens with one attached hydrogen (secondary N) is 1. The molecular weight excluding hydrogens is 392 g/mol. The van der Waals surface area contributed by atoms with E-state index < -0.39 is 18.1 Å². The van der Waals surface area contributed by atoms with Crippen LogP contribution in [0.5, 0.6) is 0 Å². The Kier molecular flexibility index (Phi) is 6.71. The van der Waals surface area contributed by atoms with Crippen LogP contribution in [0, 0.1) is 13.8 Å². The summed E-state index contributed by atoms with van der Waals surface area (Å²) in [5, 5.41) is 11.8. The summed E-state index contributed by atoms with van der Waals surface area (Å²) in [4.78, 5) is 32.2. The predicted molar refractivity (Wildman–Crippen MR) is 110 cm³/mol. The molecule has 2 heterocycles. The zero-order valence-electron chi connectivity index (χ0n) is 16.2. The minimum Gasteiger partial charge on any atom is -0.480 e. The number of aromatic nitrogens is 3. The van der Waals surface area contributed by atoms with E-state index in [1.165, 1.54) is 11.8 Å². The van der Waals surface area contributed by atoms with Crippen LogP contribution in [0.25, 0.3) is 5.78 Å². The van der Waals surface area contributed by atoms with E-state index >= 15 is 0 Å².